The van der Waals surface area contributed by atoms with Crippen LogP contribution in [-0.2, 0) is 14.3 Å². The highest BCUT2D eigenvalue weighted by molar-refractivity contribution is 5.69. The molecule has 1 fully saturated rings. The number of hydrogen-bond donors (Lipinski definition) is 0. The van der Waals surface area contributed by atoms with Gasteiger partial charge >= 0.3 is 5.97 Å². The molecule has 0 aromatic carbocycles. The number of ether oxygens (including phenoxy) is 2. The monoisotopic (exact) mass is 252 g/mol. The first-order valence-corrected chi connectivity index (χ1v) is 7.21. The SMILES string of the molecule is CCCCOCCOC(=O)CC1CC2C=CC1C2. The number of rotatable bonds is 8. The zero-order valence-corrected chi connectivity index (χ0v) is 11.3. The number of esters is 1. The number of hydrogen-bond acceptors (Lipinski definition) is 3. The molecule has 2 aliphatic rings. The minimum atomic E-state index is -0.0555. The van der Waals surface area contributed by atoms with Gasteiger partial charge in [0.15, 0.2) is 0 Å². The maximum atomic E-state index is 11.7. The van der Waals surface area contributed by atoms with E-state index in [0.717, 1.165) is 25.4 Å². The van der Waals surface area contributed by atoms with Gasteiger partial charge in [0.2, 0.25) is 0 Å². The molecule has 18 heavy (non-hydrogen) atoms. The molecule has 0 amide bonds. The van der Waals surface area contributed by atoms with Crippen LogP contribution in [0.4, 0.5) is 0 Å². The number of carbonyl (C=O) groups is 1. The van der Waals surface area contributed by atoms with Gasteiger partial charge in [-0.2, -0.15) is 0 Å². The Morgan fingerprint density at radius 2 is 2.11 bits per heavy atom. The Morgan fingerprint density at radius 1 is 1.22 bits per heavy atom. The molecule has 3 heteroatoms. The van der Waals surface area contributed by atoms with Gasteiger partial charge in [-0.25, -0.2) is 0 Å². The Morgan fingerprint density at radius 3 is 2.78 bits per heavy atom. The number of unbranched alkanes of at least 4 members (excludes halogenated alkanes) is 1. The first-order valence-electron chi connectivity index (χ1n) is 7.21. The third-order valence-electron chi connectivity index (χ3n) is 3.98. The Bertz CT molecular complexity index is 298. The summed E-state index contributed by atoms with van der Waals surface area (Å²) >= 11 is 0. The molecule has 0 N–H and O–H groups in total. The molecular weight excluding hydrogens is 228 g/mol. The van der Waals surface area contributed by atoms with Gasteiger partial charge in [-0.05, 0) is 37.0 Å². The second-order valence-corrected chi connectivity index (χ2v) is 5.43. The molecule has 0 saturated heterocycles. The van der Waals surface area contributed by atoms with Gasteiger partial charge < -0.3 is 9.47 Å². The Labute approximate surface area is 110 Å². The fourth-order valence-electron chi connectivity index (χ4n) is 2.97. The highest BCUT2D eigenvalue weighted by atomic mass is 16.6. The van der Waals surface area contributed by atoms with E-state index >= 15 is 0 Å². The fourth-order valence-corrected chi connectivity index (χ4v) is 2.97. The van der Waals surface area contributed by atoms with Gasteiger partial charge in [0.1, 0.15) is 6.61 Å². The van der Waals surface area contributed by atoms with Crippen molar-refractivity contribution in [1.82, 2.24) is 0 Å². The number of allylic oxidation sites excluding steroid dienone is 2. The second kappa shape index (κ2) is 6.93. The summed E-state index contributed by atoms with van der Waals surface area (Å²) in [6.45, 7) is 3.83. The van der Waals surface area contributed by atoms with Crippen LogP contribution >= 0.6 is 0 Å². The summed E-state index contributed by atoms with van der Waals surface area (Å²) < 4.78 is 10.6. The summed E-state index contributed by atoms with van der Waals surface area (Å²) in [5, 5.41) is 0. The van der Waals surface area contributed by atoms with E-state index in [4.69, 9.17) is 9.47 Å². The first-order chi connectivity index (χ1) is 8.79. The van der Waals surface area contributed by atoms with Crippen LogP contribution in [0.25, 0.3) is 0 Å². The highest BCUT2D eigenvalue weighted by Gasteiger charge is 2.36. The largest absolute Gasteiger partial charge is 0.463 e. The summed E-state index contributed by atoms with van der Waals surface area (Å²) in [6.07, 6.45) is 9.79. The van der Waals surface area contributed by atoms with Crippen LogP contribution in [0, 0.1) is 17.8 Å². The molecule has 0 aromatic heterocycles. The van der Waals surface area contributed by atoms with E-state index in [2.05, 4.69) is 19.1 Å². The lowest BCUT2D eigenvalue weighted by atomic mass is 9.91. The molecule has 3 nitrogen and oxygen atoms in total. The zero-order valence-electron chi connectivity index (χ0n) is 11.3. The second-order valence-electron chi connectivity index (χ2n) is 5.43. The van der Waals surface area contributed by atoms with Crippen molar-refractivity contribution in [3.63, 3.8) is 0 Å². The molecule has 3 atom stereocenters. The Balaban J connectivity index is 1.52. The van der Waals surface area contributed by atoms with E-state index in [-0.39, 0.29) is 5.97 Å². The standard InChI is InChI=1S/C15H24O3/c1-2-3-6-17-7-8-18-15(16)11-14-10-12-4-5-13(14)9-12/h4-5,12-14H,2-3,6-11H2,1H3. The van der Waals surface area contributed by atoms with Crippen LogP contribution in [0.3, 0.4) is 0 Å². The van der Waals surface area contributed by atoms with Crippen molar-refractivity contribution in [2.24, 2.45) is 17.8 Å². The van der Waals surface area contributed by atoms with Gasteiger partial charge in [-0.15, -0.1) is 0 Å². The molecule has 0 aliphatic heterocycles. The molecule has 1 saturated carbocycles. The molecule has 2 aliphatic carbocycles. The molecule has 3 unspecified atom stereocenters. The predicted molar refractivity (Wildman–Crippen MR) is 70.1 cm³/mol. The first kappa shape index (κ1) is 13.6. The van der Waals surface area contributed by atoms with Gasteiger partial charge in [0, 0.05) is 13.0 Å². The van der Waals surface area contributed by atoms with E-state index < -0.39 is 0 Å². The number of fused-ring (bicyclic) bond motifs is 2. The van der Waals surface area contributed by atoms with Gasteiger partial charge in [-0.1, -0.05) is 25.5 Å². The lowest BCUT2D eigenvalue weighted by Gasteiger charge is -2.16. The van der Waals surface area contributed by atoms with Gasteiger partial charge in [0.25, 0.3) is 0 Å². The Hall–Kier alpha value is -0.830. The summed E-state index contributed by atoms with van der Waals surface area (Å²) in [4.78, 5) is 11.7. The van der Waals surface area contributed by atoms with Gasteiger partial charge in [-0.3, -0.25) is 4.79 Å². The molecule has 2 rings (SSSR count). The minimum absolute atomic E-state index is 0.0555. The van der Waals surface area contributed by atoms with Crippen molar-refractivity contribution >= 4 is 5.97 Å². The van der Waals surface area contributed by atoms with Gasteiger partial charge in [0.05, 0.1) is 6.61 Å². The smallest absolute Gasteiger partial charge is 0.306 e. The van der Waals surface area contributed by atoms with E-state index in [1.807, 2.05) is 0 Å². The summed E-state index contributed by atoms with van der Waals surface area (Å²) in [7, 11) is 0. The van der Waals surface area contributed by atoms with Crippen LogP contribution in [0.5, 0.6) is 0 Å². The highest BCUT2D eigenvalue weighted by Crippen LogP contribution is 2.44. The zero-order chi connectivity index (χ0) is 12.8. The van der Waals surface area contributed by atoms with Crippen LogP contribution in [0.15, 0.2) is 12.2 Å². The third kappa shape index (κ3) is 3.84. The lowest BCUT2D eigenvalue weighted by molar-refractivity contribution is -0.146. The lowest BCUT2D eigenvalue weighted by Crippen LogP contribution is -2.17. The van der Waals surface area contributed by atoms with E-state index in [0.29, 0.717) is 31.5 Å². The van der Waals surface area contributed by atoms with Crippen molar-refractivity contribution < 1.29 is 14.3 Å². The molecule has 0 heterocycles. The van der Waals surface area contributed by atoms with E-state index in [1.54, 1.807) is 0 Å². The molecule has 0 aromatic rings. The third-order valence-corrected chi connectivity index (χ3v) is 3.98. The normalized spacial score (nSPS) is 28.8. The average Bonchev–Trinajstić information content (AvgIpc) is 2.95. The van der Waals surface area contributed by atoms with Crippen molar-refractivity contribution in [3.8, 4) is 0 Å². The molecule has 0 radical (unpaired) electrons. The maximum absolute atomic E-state index is 11.7. The van der Waals surface area contributed by atoms with Crippen LogP contribution in [-0.4, -0.2) is 25.8 Å². The van der Waals surface area contributed by atoms with Crippen LogP contribution in [0.1, 0.15) is 39.0 Å². The fraction of sp³-hybridized carbons (Fsp3) is 0.800. The number of carbonyl (C=O) groups excluding carboxylic acids is 1. The summed E-state index contributed by atoms with van der Waals surface area (Å²) in [5.41, 5.74) is 0. The van der Waals surface area contributed by atoms with Crippen molar-refractivity contribution in [2.75, 3.05) is 19.8 Å². The summed E-state index contributed by atoms with van der Waals surface area (Å²) in [6, 6.07) is 0. The molecule has 102 valence electrons. The van der Waals surface area contributed by atoms with E-state index in [1.165, 1.54) is 12.8 Å². The Kier molecular flexibility index (Phi) is 5.24. The summed E-state index contributed by atoms with van der Waals surface area (Å²) in [5.74, 6) is 1.82. The minimum Gasteiger partial charge on any atom is -0.463 e. The van der Waals surface area contributed by atoms with Crippen molar-refractivity contribution in [1.29, 1.82) is 0 Å². The molecule has 2 bridgehead atoms. The van der Waals surface area contributed by atoms with Crippen LogP contribution in [0.2, 0.25) is 0 Å². The predicted octanol–water partition coefficient (Wildman–Crippen LogP) is 2.95. The maximum Gasteiger partial charge on any atom is 0.306 e. The molecule has 0 spiro atoms. The van der Waals surface area contributed by atoms with Crippen LogP contribution < -0.4 is 0 Å². The van der Waals surface area contributed by atoms with Crippen molar-refractivity contribution in [3.05, 3.63) is 12.2 Å². The average molecular weight is 252 g/mol. The van der Waals surface area contributed by atoms with E-state index in [9.17, 15) is 4.79 Å². The quantitative estimate of drug-likeness (QED) is 0.378. The molecular formula is C15H24O3. The van der Waals surface area contributed by atoms with Crippen molar-refractivity contribution in [2.45, 2.75) is 39.0 Å². The topological polar surface area (TPSA) is 35.5 Å².